The van der Waals surface area contributed by atoms with E-state index in [9.17, 15) is 9.59 Å². The van der Waals surface area contributed by atoms with Crippen LogP contribution in [0.25, 0.3) is 28.2 Å². The molecule has 3 N–H and O–H groups in total. The number of nitrogens with one attached hydrogen (secondary N) is 1. The number of fused-ring (bicyclic) bond motifs is 1. The number of aromatic nitrogens is 4. The fourth-order valence-corrected chi connectivity index (χ4v) is 3.72. The van der Waals surface area contributed by atoms with Crippen LogP contribution in [-0.2, 0) is 16.1 Å². The maximum absolute atomic E-state index is 12.8. The molecule has 0 saturated carbocycles. The highest BCUT2D eigenvalue weighted by Crippen LogP contribution is 2.30. The first-order valence-electron chi connectivity index (χ1n) is 10.7. The zero-order chi connectivity index (χ0) is 24.2. The molecule has 1 amide bonds. The van der Waals surface area contributed by atoms with Crippen LogP contribution in [0.3, 0.4) is 0 Å². The summed E-state index contributed by atoms with van der Waals surface area (Å²) < 4.78 is 6.63. The van der Waals surface area contributed by atoms with E-state index in [0.717, 1.165) is 16.8 Å². The lowest BCUT2D eigenvalue weighted by Gasteiger charge is -2.11. The summed E-state index contributed by atoms with van der Waals surface area (Å²) in [4.78, 5) is 36.5. The third kappa shape index (κ3) is 4.42. The first-order chi connectivity index (χ1) is 17.1. The summed E-state index contributed by atoms with van der Waals surface area (Å²) in [5.74, 6) is 0.725. The Labute approximate surface area is 200 Å². The van der Waals surface area contributed by atoms with Gasteiger partial charge in [0, 0.05) is 29.3 Å². The third-order valence-electron chi connectivity index (χ3n) is 5.41. The van der Waals surface area contributed by atoms with Gasteiger partial charge < -0.3 is 15.8 Å². The second-order valence-electron chi connectivity index (χ2n) is 7.66. The Kier molecular flexibility index (Phi) is 5.87. The molecule has 2 aromatic carbocycles. The fraction of sp³-hybridized carbons (Fsp3) is 0.0385. The van der Waals surface area contributed by atoms with Crippen molar-refractivity contribution in [1.82, 2.24) is 19.5 Å². The largest absolute Gasteiger partial charge is 0.463 e. The molecule has 0 unspecified atom stereocenters. The van der Waals surface area contributed by atoms with Gasteiger partial charge in [0.15, 0.2) is 11.5 Å². The zero-order valence-electron chi connectivity index (χ0n) is 18.5. The molecule has 9 nitrogen and oxygen atoms in total. The third-order valence-corrected chi connectivity index (χ3v) is 5.41. The number of hydrogen-bond donors (Lipinski definition) is 2. The summed E-state index contributed by atoms with van der Waals surface area (Å²) in [6, 6.07) is 21.6. The van der Waals surface area contributed by atoms with E-state index < -0.39 is 0 Å². The Balaban J connectivity index is 1.43. The maximum atomic E-state index is 12.8. The highest BCUT2D eigenvalue weighted by Gasteiger charge is 2.18. The normalized spacial score (nSPS) is 10.7. The summed E-state index contributed by atoms with van der Waals surface area (Å²) in [5, 5.41) is 2.86. The lowest BCUT2D eigenvalue weighted by molar-refractivity contribution is -0.129. The van der Waals surface area contributed by atoms with Crippen LogP contribution in [0.1, 0.15) is 15.9 Å². The number of anilines is 2. The van der Waals surface area contributed by atoms with E-state index in [4.69, 9.17) is 15.5 Å². The molecular formula is C26H20N6O3. The molecule has 0 radical (unpaired) electrons. The van der Waals surface area contributed by atoms with Crippen molar-refractivity contribution in [2.45, 2.75) is 6.61 Å². The van der Waals surface area contributed by atoms with Gasteiger partial charge in [0.1, 0.15) is 17.9 Å². The minimum Gasteiger partial charge on any atom is -0.463 e. The molecule has 0 atom stereocenters. The standard InChI is InChI=1S/C26H20N6O3/c27-23-21(3-1-13-28-23)24-31-22-4-2-14-29-25(22)32(24)20-11-7-18(8-12-20)26(34)30-19-9-5-17(6-10-19)15-35-16-33/h1-14,16H,15H2,(H2,27,28)(H,30,34). The smallest absolute Gasteiger partial charge is 0.293 e. The lowest BCUT2D eigenvalue weighted by Crippen LogP contribution is -2.12. The van der Waals surface area contributed by atoms with Crippen molar-refractivity contribution in [2.24, 2.45) is 0 Å². The Morgan fingerprint density at radius 1 is 0.971 bits per heavy atom. The van der Waals surface area contributed by atoms with Gasteiger partial charge >= 0.3 is 0 Å². The number of carbonyl (C=O) groups is 2. The van der Waals surface area contributed by atoms with Gasteiger partial charge in [-0.2, -0.15) is 0 Å². The van der Waals surface area contributed by atoms with Gasteiger partial charge in [0.25, 0.3) is 12.4 Å². The quantitative estimate of drug-likeness (QED) is 0.349. The van der Waals surface area contributed by atoms with E-state index in [-0.39, 0.29) is 12.5 Å². The van der Waals surface area contributed by atoms with Gasteiger partial charge in [0.05, 0.1) is 5.56 Å². The number of imidazole rings is 1. The van der Waals surface area contributed by atoms with Crippen molar-refractivity contribution in [3.63, 3.8) is 0 Å². The highest BCUT2D eigenvalue weighted by atomic mass is 16.5. The van der Waals surface area contributed by atoms with Gasteiger partial charge in [0.2, 0.25) is 0 Å². The van der Waals surface area contributed by atoms with Crippen molar-refractivity contribution >= 4 is 35.0 Å². The molecule has 5 rings (SSSR count). The molecule has 172 valence electrons. The summed E-state index contributed by atoms with van der Waals surface area (Å²) in [7, 11) is 0. The number of benzene rings is 2. The number of pyridine rings is 2. The number of hydrogen-bond acceptors (Lipinski definition) is 7. The Morgan fingerprint density at radius 2 is 1.71 bits per heavy atom. The van der Waals surface area contributed by atoms with Crippen LogP contribution in [0.5, 0.6) is 0 Å². The molecule has 0 aliphatic rings. The number of amides is 1. The SMILES string of the molecule is Nc1ncccc1-c1nc2cccnc2n1-c1ccc(C(=O)Nc2ccc(COC=O)cc2)cc1. The summed E-state index contributed by atoms with van der Waals surface area (Å²) in [6.45, 7) is 0.584. The van der Waals surface area contributed by atoms with E-state index >= 15 is 0 Å². The molecule has 0 aliphatic heterocycles. The van der Waals surface area contributed by atoms with Crippen LogP contribution >= 0.6 is 0 Å². The molecule has 0 aliphatic carbocycles. The zero-order valence-corrected chi connectivity index (χ0v) is 18.5. The predicted molar refractivity (Wildman–Crippen MR) is 132 cm³/mol. The van der Waals surface area contributed by atoms with Gasteiger partial charge in [-0.3, -0.25) is 14.2 Å². The molecule has 3 aromatic heterocycles. The molecule has 5 aromatic rings. The molecule has 35 heavy (non-hydrogen) atoms. The monoisotopic (exact) mass is 464 g/mol. The van der Waals surface area contributed by atoms with Crippen LogP contribution in [-0.4, -0.2) is 31.9 Å². The van der Waals surface area contributed by atoms with Crippen LogP contribution in [0.4, 0.5) is 11.5 Å². The fourth-order valence-electron chi connectivity index (χ4n) is 3.72. The van der Waals surface area contributed by atoms with Crippen molar-refractivity contribution < 1.29 is 14.3 Å². The average molecular weight is 464 g/mol. The number of nitrogen functional groups attached to an aromatic ring is 1. The van der Waals surface area contributed by atoms with Crippen molar-refractivity contribution in [2.75, 3.05) is 11.1 Å². The number of ether oxygens (including phenoxy) is 1. The van der Waals surface area contributed by atoms with Crippen molar-refractivity contribution in [1.29, 1.82) is 0 Å². The van der Waals surface area contributed by atoms with Crippen LogP contribution in [0, 0.1) is 0 Å². The van der Waals surface area contributed by atoms with E-state index in [1.165, 1.54) is 0 Å². The van der Waals surface area contributed by atoms with E-state index in [2.05, 4.69) is 15.3 Å². The Bertz CT molecular complexity index is 1510. The first kappa shape index (κ1) is 21.8. The van der Waals surface area contributed by atoms with Crippen LogP contribution in [0.2, 0.25) is 0 Å². The lowest BCUT2D eigenvalue weighted by atomic mass is 10.1. The van der Waals surface area contributed by atoms with Gasteiger partial charge in [-0.1, -0.05) is 12.1 Å². The maximum Gasteiger partial charge on any atom is 0.293 e. The van der Waals surface area contributed by atoms with E-state index in [1.54, 1.807) is 54.9 Å². The Morgan fingerprint density at radius 3 is 2.46 bits per heavy atom. The number of rotatable bonds is 7. The molecule has 9 heteroatoms. The minimum atomic E-state index is -0.251. The summed E-state index contributed by atoms with van der Waals surface area (Å²) in [6.07, 6.45) is 3.33. The average Bonchev–Trinajstić information content (AvgIpc) is 3.28. The summed E-state index contributed by atoms with van der Waals surface area (Å²) in [5.41, 5.74) is 10.9. The predicted octanol–water partition coefficient (Wildman–Crippen LogP) is 3.99. The molecule has 0 saturated heterocycles. The summed E-state index contributed by atoms with van der Waals surface area (Å²) >= 11 is 0. The van der Waals surface area contributed by atoms with Crippen molar-refractivity contribution in [3.8, 4) is 17.1 Å². The number of nitrogens with two attached hydrogens (primary N) is 1. The van der Waals surface area contributed by atoms with Crippen molar-refractivity contribution in [3.05, 3.63) is 96.3 Å². The van der Waals surface area contributed by atoms with Gasteiger partial charge in [-0.05, 0) is 66.2 Å². The molecule has 0 spiro atoms. The van der Waals surface area contributed by atoms with Gasteiger partial charge in [-0.25, -0.2) is 15.0 Å². The molecule has 0 fully saturated rings. The topological polar surface area (TPSA) is 125 Å². The first-order valence-corrected chi connectivity index (χ1v) is 10.7. The molecule has 3 heterocycles. The Hall–Kier alpha value is -5.05. The highest BCUT2D eigenvalue weighted by molar-refractivity contribution is 6.04. The van der Waals surface area contributed by atoms with Crippen LogP contribution in [0.15, 0.2) is 85.2 Å². The number of carbonyl (C=O) groups excluding carboxylic acids is 2. The molecule has 0 bridgehead atoms. The van der Waals surface area contributed by atoms with E-state index in [0.29, 0.717) is 40.6 Å². The second-order valence-corrected chi connectivity index (χ2v) is 7.66. The van der Waals surface area contributed by atoms with E-state index in [1.807, 2.05) is 34.9 Å². The number of nitrogens with zero attached hydrogens (tertiary/aromatic N) is 4. The molecular weight excluding hydrogens is 444 g/mol. The van der Waals surface area contributed by atoms with Crippen LogP contribution < -0.4 is 11.1 Å². The minimum absolute atomic E-state index is 0.184. The second kappa shape index (κ2) is 9.44. The van der Waals surface area contributed by atoms with Gasteiger partial charge in [-0.15, -0.1) is 0 Å².